The minimum Gasteiger partial charge on any atom is -0.480 e. The molecule has 5 heteroatoms. The van der Waals surface area contributed by atoms with Crippen molar-refractivity contribution in [2.45, 2.75) is 18.9 Å². The van der Waals surface area contributed by atoms with Crippen LogP contribution >= 0.6 is 0 Å². The Hall–Kier alpha value is -2.82. The van der Waals surface area contributed by atoms with Gasteiger partial charge in [0.25, 0.3) is 0 Å². The summed E-state index contributed by atoms with van der Waals surface area (Å²) in [5.41, 5.74) is 0.829. The molecule has 0 radical (unpaired) electrons. The molecule has 2 rings (SSSR count). The van der Waals surface area contributed by atoms with Crippen molar-refractivity contribution in [3.05, 3.63) is 66.2 Å². The van der Waals surface area contributed by atoms with Gasteiger partial charge < -0.3 is 15.2 Å². The molecule has 0 saturated heterocycles. The van der Waals surface area contributed by atoms with Crippen molar-refractivity contribution in [3.8, 4) is 5.75 Å². The molecule has 0 aromatic heterocycles. The fourth-order valence-electron chi connectivity index (χ4n) is 2.10. The zero-order valence-corrected chi connectivity index (χ0v) is 12.1. The van der Waals surface area contributed by atoms with Gasteiger partial charge in [0.05, 0.1) is 0 Å². The summed E-state index contributed by atoms with van der Waals surface area (Å²) in [4.78, 5) is 23.3. The molecule has 2 N–H and O–H groups in total. The maximum Gasteiger partial charge on any atom is 0.413 e. The van der Waals surface area contributed by atoms with Gasteiger partial charge in [0.15, 0.2) is 0 Å². The van der Waals surface area contributed by atoms with Crippen LogP contribution in [0.15, 0.2) is 60.7 Å². The van der Waals surface area contributed by atoms with Crippen LogP contribution in [0.25, 0.3) is 0 Å². The number of rotatable bonds is 5. The van der Waals surface area contributed by atoms with Gasteiger partial charge in [-0.3, -0.25) is 0 Å². The van der Waals surface area contributed by atoms with E-state index < -0.39 is 18.1 Å². The molecule has 0 bridgehead atoms. The lowest BCUT2D eigenvalue weighted by Gasteiger charge is -2.21. The number of carbonyl (C=O) groups is 2. The molecule has 0 saturated carbocycles. The van der Waals surface area contributed by atoms with Gasteiger partial charge in [-0.05, 0) is 17.7 Å². The predicted molar refractivity (Wildman–Crippen MR) is 81.9 cm³/mol. The van der Waals surface area contributed by atoms with Crippen LogP contribution in [-0.4, -0.2) is 23.2 Å². The third-order valence-electron chi connectivity index (χ3n) is 3.32. The van der Waals surface area contributed by atoms with Crippen LogP contribution in [0, 0.1) is 0 Å². The largest absolute Gasteiger partial charge is 0.480 e. The first kappa shape index (κ1) is 15.6. The Labute approximate surface area is 128 Å². The summed E-state index contributed by atoms with van der Waals surface area (Å²) in [6, 6.07) is 16.6. The minimum absolute atomic E-state index is 0.358. The SMILES string of the molecule is C[C@H](c1ccccc1)[C@H](NC(=O)Oc1ccccc1)C(=O)O. The van der Waals surface area contributed by atoms with Gasteiger partial charge >= 0.3 is 12.1 Å². The number of carboxylic acid groups (broad SMARTS) is 1. The highest BCUT2D eigenvalue weighted by atomic mass is 16.6. The average molecular weight is 299 g/mol. The van der Waals surface area contributed by atoms with Gasteiger partial charge in [-0.25, -0.2) is 9.59 Å². The van der Waals surface area contributed by atoms with Gasteiger partial charge in [-0.1, -0.05) is 55.5 Å². The summed E-state index contributed by atoms with van der Waals surface area (Å²) in [5.74, 6) is -1.14. The lowest BCUT2D eigenvalue weighted by molar-refractivity contribution is -0.139. The highest BCUT2D eigenvalue weighted by Gasteiger charge is 2.28. The number of benzene rings is 2. The van der Waals surface area contributed by atoms with Gasteiger partial charge in [0, 0.05) is 5.92 Å². The Bertz CT molecular complexity index is 628. The molecule has 0 heterocycles. The number of nitrogens with one attached hydrogen (secondary N) is 1. The Kier molecular flexibility index (Phi) is 5.14. The van der Waals surface area contributed by atoms with E-state index in [4.69, 9.17) is 4.74 Å². The van der Waals surface area contributed by atoms with Gasteiger partial charge in [0.1, 0.15) is 11.8 Å². The van der Waals surface area contributed by atoms with Crippen molar-refractivity contribution in [3.63, 3.8) is 0 Å². The van der Waals surface area contributed by atoms with Crippen LogP contribution in [0.4, 0.5) is 4.79 Å². The standard InChI is InChI=1S/C17H17NO4/c1-12(13-8-4-2-5-9-13)15(16(19)20)18-17(21)22-14-10-6-3-7-11-14/h2-12,15H,1H3,(H,18,21)(H,19,20)/t12-,15+/m1/s1. The maximum absolute atomic E-state index is 11.9. The monoisotopic (exact) mass is 299 g/mol. The number of aliphatic carboxylic acids is 1. The van der Waals surface area contributed by atoms with Gasteiger partial charge in [-0.15, -0.1) is 0 Å². The van der Waals surface area contributed by atoms with Crippen LogP contribution in [-0.2, 0) is 4.79 Å². The molecule has 0 fully saturated rings. The van der Waals surface area contributed by atoms with Gasteiger partial charge in [-0.2, -0.15) is 0 Å². The molecular formula is C17H17NO4. The first-order chi connectivity index (χ1) is 10.6. The zero-order valence-electron chi connectivity index (χ0n) is 12.1. The van der Waals surface area contributed by atoms with E-state index in [1.165, 1.54) is 0 Å². The summed E-state index contributed by atoms with van der Waals surface area (Å²) in [5, 5.41) is 11.8. The molecule has 0 aliphatic rings. The normalized spacial score (nSPS) is 13.0. The van der Waals surface area contributed by atoms with Crippen LogP contribution in [0.5, 0.6) is 5.75 Å². The molecule has 2 aromatic carbocycles. The quantitative estimate of drug-likeness (QED) is 0.889. The number of amides is 1. The summed E-state index contributed by atoms with van der Waals surface area (Å²) in [7, 11) is 0. The van der Waals surface area contributed by atoms with E-state index in [1.807, 2.05) is 30.3 Å². The molecule has 0 aliphatic heterocycles. The van der Waals surface area contributed by atoms with Crippen LogP contribution in [0.2, 0.25) is 0 Å². The average Bonchev–Trinajstić information content (AvgIpc) is 2.53. The Morgan fingerprint density at radius 2 is 1.55 bits per heavy atom. The van der Waals surface area contributed by atoms with E-state index in [2.05, 4.69) is 5.32 Å². The third kappa shape index (κ3) is 4.09. The lowest BCUT2D eigenvalue weighted by Crippen LogP contribution is -2.45. The van der Waals surface area contributed by atoms with E-state index >= 15 is 0 Å². The second-order valence-electron chi connectivity index (χ2n) is 4.86. The number of hydrogen-bond acceptors (Lipinski definition) is 3. The summed E-state index contributed by atoms with van der Waals surface area (Å²) < 4.78 is 5.07. The van der Waals surface area contributed by atoms with E-state index in [0.717, 1.165) is 5.56 Å². The number of carboxylic acids is 1. The van der Waals surface area contributed by atoms with E-state index in [1.54, 1.807) is 37.3 Å². The molecule has 0 spiro atoms. The molecule has 22 heavy (non-hydrogen) atoms. The number of ether oxygens (including phenoxy) is 1. The van der Waals surface area contributed by atoms with Crippen molar-refractivity contribution < 1.29 is 19.4 Å². The molecule has 2 atom stereocenters. The topological polar surface area (TPSA) is 75.6 Å². The fraction of sp³-hybridized carbons (Fsp3) is 0.176. The van der Waals surface area contributed by atoms with Crippen LogP contribution in [0.1, 0.15) is 18.4 Å². The molecule has 5 nitrogen and oxygen atoms in total. The molecule has 0 aliphatic carbocycles. The summed E-state index contributed by atoms with van der Waals surface area (Å²) in [6.07, 6.45) is -0.790. The molecule has 0 unspecified atom stereocenters. The van der Waals surface area contributed by atoms with Gasteiger partial charge in [0.2, 0.25) is 0 Å². The van der Waals surface area contributed by atoms with Crippen molar-refractivity contribution in [1.29, 1.82) is 0 Å². The maximum atomic E-state index is 11.9. The van der Waals surface area contributed by atoms with Crippen molar-refractivity contribution in [1.82, 2.24) is 5.32 Å². The molecule has 1 amide bonds. The highest BCUT2D eigenvalue weighted by Crippen LogP contribution is 2.19. The number of para-hydroxylation sites is 1. The van der Waals surface area contributed by atoms with Crippen LogP contribution in [0.3, 0.4) is 0 Å². The molecule has 114 valence electrons. The van der Waals surface area contributed by atoms with Crippen molar-refractivity contribution in [2.24, 2.45) is 0 Å². The first-order valence-electron chi connectivity index (χ1n) is 6.89. The van der Waals surface area contributed by atoms with Crippen molar-refractivity contribution >= 4 is 12.1 Å². The van der Waals surface area contributed by atoms with E-state index in [0.29, 0.717) is 5.75 Å². The fourth-order valence-corrected chi connectivity index (χ4v) is 2.10. The highest BCUT2D eigenvalue weighted by molar-refractivity contribution is 5.81. The number of carbonyl (C=O) groups excluding carboxylic acids is 1. The van der Waals surface area contributed by atoms with Crippen molar-refractivity contribution in [2.75, 3.05) is 0 Å². The minimum atomic E-state index is -1.11. The smallest absolute Gasteiger partial charge is 0.413 e. The molecular weight excluding hydrogens is 282 g/mol. The summed E-state index contributed by atoms with van der Waals surface area (Å²) in [6.45, 7) is 1.75. The second-order valence-corrected chi connectivity index (χ2v) is 4.86. The third-order valence-corrected chi connectivity index (χ3v) is 3.32. The van der Waals surface area contributed by atoms with Crippen LogP contribution < -0.4 is 10.1 Å². The van der Waals surface area contributed by atoms with E-state index in [-0.39, 0.29) is 5.92 Å². The van der Waals surface area contributed by atoms with E-state index in [9.17, 15) is 14.7 Å². The number of hydrogen-bond donors (Lipinski definition) is 2. The summed E-state index contributed by atoms with van der Waals surface area (Å²) >= 11 is 0. The Morgan fingerprint density at radius 3 is 2.09 bits per heavy atom. The zero-order chi connectivity index (χ0) is 15.9. The Morgan fingerprint density at radius 1 is 1.00 bits per heavy atom. The second kappa shape index (κ2) is 7.26. The predicted octanol–water partition coefficient (Wildman–Crippen LogP) is 3.03. The molecule has 2 aromatic rings. The first-order valence-corrected chi connectivity index (χ1v) is 6.89. The lowest BCUT2D eigenvalue weighted by atomic mass is 9.93. The Balaban J connectivity index is 2.06.